The Labute approximate surface area is 171 Å². The summed E-state index contributed by atoms with van der Waals surface area (Å²) >= 11 is 2.83. The summed E-state index contributed by atoms with van der Waals surface area (Å²) in [5.41, 5.74) is 1.10. The summed E-state index contributed by atoms with van der Waals surface area (Å²) in [5, 5.41) is 1.25. The summed E-state index contributed by atoms with van der Waals surface area (Å²) in [5.74, 6) is 0.396. The van der Waals surface area contributed by atoms with Crippen LogP contribution in [0.3, 0.4) is 0 Å². The molecule has 0 N–H and O–H groups in total. The molecule has 1 saturated heterocycles. The van der Waals surface area contributed by atoms with Gasteiger partial charge in [0.05, 0.1) is 11.1 Å². The first-order chi connectivity index (χ1) is 13.5. The van der Waals surface area contributed by atoms with Crippen molar-refractivity contribution in [1.82, 2.24) is 14.5 Å². The van der Waals surface area contributed by atoms with Gasteiger partial charge in [-0.1, -0.05) is 24.8 Å². The summed E-state index contributed by atoms with van der Waals surface area (Å²) < 4.78 is 1.60. The van der Waals surface area contributed by atoms with Gasteiger partial charge in [0.25, 0.3) is 5.56 Å². The molecular weight excluding hydrogens is 394 g/mol. The van der Waals surface area contributed by atoms with Gasteiger partial charge in [0, 0.05) is 24.4 Å². The number of carbonyl (C=O) groups is 2. The van der Waals surface area contributed by atoms with Gasteiger partial charge in [0.1, 0.15) is 4.83 Å². The highest BCUT2D eigenvalue weighted by molar-refractivity contribution is 7.99. The van der Waals surface area contributed by atoms with Gasteiger partial charge in [-0.05, 0) is 37.2 Å². The van der Waals surface area contributed by atoms with Crippen molar-refractivity contribution in [3.63, 3.8) is 0 Å². The minimum Gasteiger partial charge on any atom is -0.283 e. The van der Waals surface area contributed by atoms with E-state index in [0.29, 0.717) is 30.6 Å². The Hall–Kier alpha value is -1.93. The fourth-order valence-electron chi connectivity index (χ4n) is 3.92. The molecule has 0 spiro atoms. The summed E-state index contributed by atoms with van der Waals surface area (Å²) in [6, 6.07) is 0. The predicted molar refractivity (Wildman–Crippen MR) is 112 cm³/mol. The standard InChI is InChI=1S/C20H23N3O3S2/c1-3-8-23-19(26)17-13-7-6-12(2)10-14(13)28-18(17)21-20(23)27-11-16(25)22-9-4-5-15(22)24/h3,12H,1,4-11H2,2H3. The van der Waals surface area contributed by atoms with Crippen LogP contribution in [0.5, 0.6) is 0 Å². The highest BCUT2D eigenvalue weighted by Crippen LogP contribution is 2.36. The van der Waals surface area contributed by atoms with Crippen LogP contribution in [0.1, 0.15) is 36.6 Å². The first-order valence-corrected chi connectivity index (χ1v) is 11.4. The molecule has 1 aliphatic carbocycles. The van der Waals surface area contributed by atoms with E-state index in [-0.39, 0.29) is 23.1 Å². The Morgan fingerprint density at radius 3 is 2.93 bits per heavy atom. The molecule has 0 bridgehead atoms. The van der Waals surface area contributed by atoms with Gasteiger partial charge in [-0.15, -0.1) is 17.9 Å². The van der Waals surface area contributed by atoms with Gasteiger partial charge < -0.3 is 0 Å². The molecule has 2 amide bonds. The van der Waals surface area contributed by atoms with Crippen LogP contribution in [0.25, 0.3) is 10.2 Å². The molecule has 1 atom stereocenters. The molecule has 3 heterocycles. The molecule has 0 saturated carbocycles. The van der Waals surface area contributed by atoms with Gasteiger partial charge in [-0.3, -0.25) is 23.9 Å². The van der Waals surface area contributed by atoms with E-state index < -0.39 is 0 Å². The van der Waals surface area contributed by atoms with Crippen LogP contribution < -0.4 is 5.56 Å². The molecule has 1 unspecified atom stereocenters. The van der Waals surface area contributed by atoms with Crippen molar-refractivity contribution in [2.75, 3.05) is 12.3 Å². The normalized spacial score (nSPS) is 19.2. The quantitative estimate of drug-likeness (QED) is 0.425. The zero-order valence-electron chi connectivity index (χ0n) is 15.9. The number of rotatable bonds is 5. The maximum atomic E-state index is 13.2. The number of hydrogen-bond acceptors (Lipinski definition) is 6. The van der Waals surface area contributed by atoms with E-state index in [9.17, 15) is 14.4 Å². The van der Waals surface area contributed by atoms with Gasteiger partial charge in [0.15, 0.2) is 5.16 Å². The summed E-state index contributed by atoms with van der Waals surface area (Å²) in [7, 11) is 0. The number of imide groups is 1. The topological polar surface area (TPSA) is 72.3 Å². The fraction of sp³-hybridized carbons (Fsp3) is 0.500. The monoisotopic (exact) mass is 417 g/mol. The van der Waals surface area contributed by atoms with Crippen LogP contribution >= 0.6 is 23.1 Å². The number of aryl methyl sites for hydroxylation is 1. The van der Waals surface area contributed by atoms with Crippen molar-refractivity contribution in [1.29, 1.82) is 0 Å². The third-order valence-corrected chi connectivity index (χ3v) is 7.50. The second-order valence-electron chi connectivity index (χ2n) is 7.46. The largest absolute Gasteiger partial charge is 0.283 e. The van der Waals surface area contributed by atoms with Gasteiger partial charge in [-0.25, -0.2) is 4.98 Å². The summed E-state index contributed by atoms with van der Waals surface area (Å²) in [6.45, 7) is 6.83. The van der Waals surface area contributed by atoms with Crippen LogP contribution in [0, 0.1) is 5.92 Å². The second kappa shape index (κ2) is 7.83. The number of nitrogens with zero attached hydrogens (tertiary/aromatic N) is 3. The second-order valence-corrected chi connectivity index (χ2v) is 9.49. The maximum absolute atomic E-state index is 13.2. The zero-order chi connectivity index (χ0) is 19.8. The van der Waals surface area contributed by atoms with Crippen molar-refractivity contribution >= 4 is 45.1 Å². The molecule has 0 radical (unpaired) electrons. The molecule has 8 heteroatoms. The van der Waals surface area contributed by atoms with Crippen molar-refractivity contribution in [2.24, 2.45) is 5.92 Å². The minimum absolute atomic E-state index is 0.0517. The number of likely N-dealkylation sites (tertiary alicyclic amines) is 1. The lowest BCUT2D eigenvalue weighted by Gasteiger charge is -2.17. The zero-order valence-corrected chi connectivity index (χ0v) is 17.5. The average molecular weight is 418 g/mol. The molecule has 4 rings (SSSR count). The molecule has 6 nitrogen and oxygen atoms in total. The molecule has 1 fully saturated rings. The maximum Gasteiger partial charge on any atom is 0.263 e. The number of hydrogen-bond donors (Lipinski definition) is 0. The highest BCUT2D eigenvalue weighted by atomic mass is 32.2. The molecule has 28 heavy (non-hydrogen) atoms. The fourth-order valence-corrected chi connectivity index (χ4v) is 6.23. The molecule has 148 valence electrons. The predicted octanol–water partition coefficient (Wildman–Crippen LogP) is 3.01. The third-order valence-electron chi connectivity index (χ3n) is 5.39. The number of thiophene rings is 1. The van der Waals surface area contributed by atoms with Crippen molar-refractivity contribution in [2.45, 2.75) is 50.7 Å². The van der Waals surface area contributed by atoms with Crippen LogP contribution in [0.4, 0.5) is 0 Å². The molecular formula is C20H23N3O3S2. The lowest BCUT2D eigenvalue weighted by molar-refractivity contribution is -0.140. The minimum atomic E-state index is -0.216. The van der Waals surface area contributed by atoms with E-state index >= 15 is 0 Å². The average Bonchev–Trinajstić information content (AvgIpc) is 3.25. The Bertz CT molecular complexity index is 1020. The molecule has 2 aliphatic rings. The summed E-state index contributed by atoms with van der Waals surface area (Å²) in [6.07, 6.45) is 5.83. The molecule has 2 aromatic heterocycles. The third kappa shape index (κ3) is 3.43. The number of aromatic nitrogens is 2. The lowest BCUT2D eigenvalue weighted by atomic mass is 9.89. The SMILES string of the molecule is C=CCn1c(SCC(=O)N2CCCC2=O)nc2sc3c(c2c1=O)CCC(C)C3. The van der Waals surface area contributed by atoms with Crippen LogP contribution in [-0.2, 0) is 29.0 Å². The van der Waals surface area contributed by atoms with Crippen LogP contribution in [-0.4, -0.2) is 38.6 Å². The molecule has 0 aromatic carbocycles. The van der Waals surface area contributed by atoms with E-state index in [0.717, 1.165) is 41.5 Å². The van der Waals surface area contributed by atoms with Gasteiger partial charge in [0.2, 0.25) is 11.8 Å². The first-order valence-electron chi connectivity index (χ1n) is 9.61. The molecule has 1 aliphatic heterocycles. The number of fused-ring (bicyclic) bond motifs is 3. The number of thioether (sulfide) groups is 1. The first kappa shape index (κ1) is 19.4. The van der Waals surface area contributed by atoms with Crippen LogP contribution in [0.15, 0.2) is 22.6 Å². The van der Waals surface area contributed by atoms with Crippen molar-refractivity contribution in [3.05, 3.63) is 33.4 Å². The van der Waals surface area contributed by atoms with Gasteiger partial charge >= 0.3 is 0 Å². The molecule has 2 aromatic rings. The van der Waals surface area contributed by atoms with E-state index in [2.05, 4.69) is 13.5 Å². The van der Waals surface area contributed by atoms with E-state index in [1.807, 2.05) is 0 Å². The van der Waals surface area contributed by atoms with E-state index in [1.165, 1.54) is 21.5 Å². The Kier molecular flexibility index (Phi) is 5.42. The lowest BCUT2D eigenvalue weighted by Crippen LogP contribution is -2.33. The number of amides is 2. The summed E-state index contributed by atoms with van der Waals surface area (Å²) in [4.78, 5) is 45.5. The van der Waals surface area contributed by atoms with E-state index in [4.69, 9.17) is 4.98 Å². The van der Waals surface area contributed by atoms with Crippen molar-refractivity contribution in [3.8, 4) is 0 Å². The van der Waals surface area contributed by atoms with Gasteiger partial charge in [-0.2, -0.15) is 0 Å². The Morgan fingerprint density at radius 2 is 2.21 bits per heavy atom. The van der Waals surface area contributed by atoms with Crippen LogP contribution in [0.2, 0.25) is 0 Å². The smallest absolute Gasteiger partial charge is 0.263 e. The highest BCUT2D eigenvalue weighted by Gasteiger charge is 2.28. The number of carbonyl (C=O) groups excluding carboxylic acids is 2. The Balaban J connectivity index is 1.68. The van der Waals surface area contributed by atoms with Crippen molar-refractivity contribution < 1.29 is 9.59 Å². The Morgan fingerprint density at radius 1 is 1.39 bits per heavy atom. The van der Waals surface area contributed by atoms with E-state index in [1.54, 1.807) is 22.0 Å². The number of allylic oxidation sites excluding steroid dienone is 1.